The van der Waals surface area contributed by atoms with Gasteiger partial charge in [0.15, 0.2) is 0 Å². The van der Waals surface area contributed by atoms with Gasteiger partial charge in [-0.3, -0.25) is 0 Å². The topological polar surface area (TPSA) is 87.0 Å². The van der Waals surface area contributed by atoms with Crippen molar-refractivity contribution >= 4 is 10.9 Å². The molecule has 0 fully saturated rings. The molecule has 1 aliphatic rings. The minimum Gasteiger partial charge on any atom is -0.496 e. The summed E-state index contributed by atoms with van der Waals surface area (Å²) in [5.41, 5.74) is 13.1. The van der Waals surface area contributed by atoms with E-state index in [1.165, 1.54) is 25.6 Å². The average Bonchev–Trinajstić information content (AvgIpc) is 2.48. The summed E-state index contributed by atoms with van der Waals surface area (Å²) in [6.45, 7) is 0. The third-order valence-corrected chi connectivity index (χ3v) is 3.58. The maximum Gasteiger partial charge on any atom is 0.133 e. The van der Waals surface area contributed by atoms with Crippen LogP contribution in [0.4, 0.5) is 4.39 Å². The van der Waals surface area contributed by atoms with E-state index in [9.17, 15) is 4.39 Å². The second-order valence-electron chi connectivity index (χ2n) is 5.01. The van der Waals surface area contributed by atoms with Gasteiger partial charge in [-0.15, -0.1) is 0 Å². The molecule has 0 saturated carbocycles. The number of nitrogens with two attached hydrogens (primary N) is 2. The monoisotopic (exact) mass is 286 g/mol. The highest BCUT2D eigenvalue weighted by atomic mass is 19.1. The summed E-state index contributed by atoms with van der Waals surface area (Å²) in [4.78, 5) is 8.41. The predicted octanol–water partition coefficient (Wildman–Crippen LogP) is 1.73. The van der Waals surface area contributed by atoms with Gasteiger partial charge in [-0.05, 0) is 12.5 Å². The zero-order valence-electron chi connectivity index (χ0n) is 11.5. The molecule has 108 valence electrons. The van der Waals surface area contributed by atoms with Gasteiger partial charge >= 0.3 is 0 Å². The average molecular weight is 286 g/mol. The standard InChI is InChI=1S/C15H15FN4O/c1-21-12-7-9(16)6-11-13(12)14(20-8-19-11)15(18)4-2-10(17)3-5-15/h2-4,6-8H,5,17-18H2,1H3. The molecule has 0 saturated heterocycles. The van der Waals surface area contributed by atoms with Crippen LogP contribution in [0.2, 0.25) is 0 Å². The molecule has 1 aromatic heterocycles. The Balaban J connectivity index is 2.27. The van der Waals surface area contributed by atoms with Crippen LogP contribution in [0.25, 0.3) is 10.9 Å². The number of fused-ring (bicyclic) bond motifs is 1. The van der Waals surface area contributed by atoms with Gasteiger partial charge in [-0.25, -0.2) is 14.4 Å². The first-order valence-electron chi connectivity index (χ1n) is 6.46. The number of hydrogen-bond donors (Lipinski definition) is 2. The lowest BCUT2D eigenvalue weighted by Gasteiger charge is -2.28. The van der Waals surface area contributed by atoms with Gasteiger partial charge in [-0.1, -0.05) is 12.2 Å². The van der Waals surface area contributed by atoms with Crippen molar-refractivity contribution in [2.75, 3.05) is 7.11 Å². The molecule has 1 aliphatic carbocycles. The van der Waals surface area contributed by atoms with Crippen molar-refractivity contribution in [3.05, 3.63) is 53.9 Å². The maximum absolute atomic E-state index is 13.6. The zero-order chi connectivity index (χ0) is 15.0. The molecule has 1 atom stereocenters. The lowest BCUT2D eigenvalue weighted by atomic mass is 9.86. The fourth-order valence-corrected chi connectivity index (χ4v) is 2.48. The molecule has 0 aliphatic heterocycles. The highest BCUT2D eigenvalue weighted by Gasteiger charge is 2.30. The van der Waals surface area contributed by atoms with Gasteiger partial charge in [-0.2, -0.15) is 0 Å². The zero-order valence-corrected chi connectivity index (χ0v) is 11.5. The Morgan fingerprint density at radius 3 is 2.81 bits per heavy atom. The van der Waals surface area contributed by atoms with E-state index in [4.69, 9.17) is 16.2 Å². The van der Waals surface area contributed by atoms with Crippen molar-refractivity contribution < 1.29 is 9.13 Å². The number of benzene rings is 1. The Labute approximate surface area is 121 Å². The maximum atomic E-state index is 13.6. The molecular formula is C15H15FN4O. The third-order valence-electron chi connectivity index (χ3n) is 3.58. The number of aromatic nitrogens is 2. The molecular weight excluding hydrogens is 271 g/mol. The van der Waals surface area contributed by atoms with E-state index in [-0.39, 0.29) is 0 Å². The first-order chi connectivity index (χ1) is 10.0. The summed E-state index contributed by atoms with van der Waals surface area (Å²) in [5.74, 6) is -0.0558. The van der Waals surface area contributed by atoms with Crippen LogP contribution < -0.4 is 16.2 Å². The molecule has 1 aromatic carbocycles. The summed E-state index contributed by atoms with van der Waals surface area (Å²) in [7, 11) is 1.47. The Hall–Kier alpha value is -2.47. The molecule has 0 radical (unpaired) electrons. The summed E-state index contributed by atoms with van der Waals surface area (Å²) in [6, 6.07) is 2.64. The number of rotatable bonds is 2. The Bertz CT molecular complexity index is 772. The minimum absolute atomic E-state index is 0.362. The van der Waals surface area contributed by atoms with Crippen LogP contribution in [0.5, 0.6) is 5.75 Å². The van der Waals surface area contributed by atoms with Crippen LogP contribution in [0.15, 0.2) is 42.4 Å². The molecule has 6 heteroatoms. The van der Waals surface area contributed by atoms with E-state index < -0.39 is 11.4 Å². The highest BCUT2D eigenvalue weighted by molar-refractivity contribution is 5.88. The lowest BCUT2D eigenvalue weighted by molar-refractivity contribution is 0.414. The predicted molar refractivity (Wildman–Crippen MR) is 77.9 cm³/mol. The lowest BCUT2D eigenvalue weighted by Crippen LogP contribution is -2.37. The first-order valence-corrected chi connectivity index (χ1v) is 6.46. The second kappa shape index (κ2) is 4.82. The first kappa shape index (κ1) is 13.5. The van der Waals surface area contributed by atoms with Gasteiger partial charge in [0.05, 0.1) is 29.2 Å². The van der Waals surface area contributed by atoms with Gasteiger partial charge in [0, 0.05) is 17.8 Å². The summed E-state index contributed by atoms with van der Waals surface area (Å²) in [5, 5.41) is 0.613. The van der Waals surface area contributed by atoms with E-state index in [0.29, 0.717) is 34.5 Å². The number of nitrogens with zero attached hydrogens (tertiary/aromatic N) is 2. The largest absolute Gasteiger partial charge is 0.496 e. The van der Waals surface area contributed by atoms with Crippen LogP contribution in [0.1, 0.15) is 12.1 Å². The normalized spacial score (nSPS) is 21.4. The summed E-state index contributed by atoms with van der Waals surface area (Å²) in [6.07, 6.45) is 7.26. The molecule has 2 aromatic rings. The smallest absolute Gasteiger partial charge is 0.133 e. The Kier molecular flexibility index (Phi) is 3.10. The van der Waals surface area contributed by atoms with E-state index in [2.05, 4.69) is 9.97 Å². The van der Waals surface area contributed by atoms with Crippen molar-refractivity contribution in [3.63, 3.8) is 0 Å². The minimum atomic E-state index is -0.824. The molecule has 1 heterocycles. The molecule has 21 heavy (non-hydrogen) atoms. The van der Waals surface area contributed by atoms with Crippen molar-refractivity contribution in [3.8, 4) is 5.75 Å². The van der Waals surface area contributed by atoms with Crippen LogP contribution in [-0.4, -0.2) is 17.1 Å². The quantitative estimate of drug-likeness (QED) is 0.878. The number of hydrogen-bond acceptors (Lipinski definition) is 5. The highest BCUT2D eigenvalue weighted by Crippen LogP contribution is 2.36. The van der Waals surface area contributed by atoms with Crippen molar-refractivity contribution in [2.24, 2.45) is 11.5 Å². The van der Waals surface area contributed by atoms with Crippen LogP contribution in [0.3, 0.4) is 0 Å². The molecule has 1 unspecified atom stereocenters. The van der Waals surface area contributed by atoms with Crippen molar-refractivity contribution in [1.29, 1.82) is 0 Å². The summed E-state index contributed by atoms with van der Waals surface area (Å²) < 4.78 is 18.9. The third kappa shape index (κ3) is 2.23. The van der Waals surface area contributed by atoms with Crippen molar-refractivity contribution in [1.82, 2.24) is 9.97 Å². The van der Waals surface area contributed by atoms with Crippen LogP contribution >= 0.6 is 0 Å². The van der Waals surface area contributed by atoms with Gasteiger partial charge < -0.3 is 16.2 Å². The molecule has 0 amide bonds. The second-order valence-corrected chi connectivity index (χ2v) is 5.01. The van der Waals surface area contributed by atoms with Gasteiger partial charge in [0.2, 0.25) is 0 Å². The number of halogens is 1. The van der Waals surface area contributed by atoms with E-state index >= 15 is 0 Å². The van der Waals surface area contributed by atoms with E-state index in [0.717, 1.165) is 0 Å². The Morgan fingerprint density at radius 1 is 1.33 bits per heavy atom. The molecule has 5 nitrogen and oxygen atoms in total. The SMILES string of the molecule is COc1cc(F)cc2ncnc(C3(N)C=CC(N)=CC3)c12. The number of allylic oxidation sites excluding steroid dienone is 1. The van der Waals surface area contributed by atoms with Gasteiger partial charge in [0.1, 0.15) is 17.9 Å². The van der Waals surface area contributed by atoms with E-state index in [1.54, 1.807) is 12.2 Å². The van der Waals surface area contributed by atoms with Crippen molar-refractivity contribution in [2.45, 2.75) is 12.0 Å². The molecule has 0 bridgehead atoms. The molecule has 0 spiro atoms. The van der Waals surface area contributed by atoms with E-state index in [1.807, 2.05) is 6.08 Å². The fraction of sp³-hybridized carbons (Fsp3) is 0.200. The van der Waals surface area contributed by atoms with Gasteiger partial charge in [0.25, 0.3) is 0 Å². The van der Waals surface area contributed by atoms with Crippen LogP contribution in [-0.2, 0) is 5.54 Å². The molecule has 4 N–H and O–H groups in total. The number of ether oxygens (including phenoxy) is 1. The fourth-order valence-electron chi connectivity index (χ4n) is 2.48. The Morgan fingerprint density at radius 2 is 2.14 bits per heavy atom. The summed E-state index contributed by atoms with van der Waals surface area (Å²) >= 11 is 0. The van der Waals surface area contributed by atoms with Crippen LogP contribution in [0, 0.1) is 5.82 Å². The number of methoxy groups -OCH3 is 1. The molecule has 3 rings (SSSR count).